The van der Waals surface area contributed by atoms with Crippen molar-refractivity contribution in [3.05, 3.63) is 15.9 Å². The van der Waals surface area contributed by atoms with E-state index in [9.17, 15) is 0 Å². The van der Waals surface area contributed by atoms with Crippen LogP contribution >= 0.6 is 27.5 Å². The summed E-state index contributed by atoms with van der Waals surface area (Å²) in [5, 5.41) is 7.73. The van der Waals surface area contributed by atoms with E-state index in [1.807, 2.05) is 18.7 Å². The predicted molar refractivity (Wildman–Crippen MR) is 67.3 cm³/mol. The molecule has 1 N–H and O–H groups in total. The summed E-state index contributed by atoms with van der Waals surface area (Å²) in [6.07, 6.45) is 0. The van der Waals surface area contributed by atoms with E-state index < -0.39 is 0 Å². The second-order valence-electron chi connectivity index (χ2n) is 4.34. The first-order valence-electron chi connectivity index (χ1n) is 4.86. The molecule has 1 heterocycles. The van der Waals surface area contributed by atoms with Gasteiger partial charge in [0.2, 0.25) is 0 Å². The Bertz CT molecular complexity index is 347. The fourth-order valence-corrected chi connectivity index (χ4v) is 1.81. The maximum Gasteiger partial charge on any atom is 0.0739 e. The van der Waals surface area contributed by atoms with Crippen molar-refractivity contribution in [1.29, 1.82) is 0 Å². The Kier molecular flexibility index (Phi) is 4.20. The first-order chi connectivity index (χ1) is 6.87. The average Bonchev–Trinajstić information content (AvgIpc) is 2.39. The molecule has 0 amide bonds. The van der Waals surface area contributed by atoms with Crippen LogP contribution in [0, 0.1) is 6.92 Å². The summed E-state index contributed by atoms with van der Waals surface area (Å²) in [6, 6.07) is 0. The van der Waals surface area contributed by atoms with Gasteiger partial charge in [-0.2, -0.15) is 5.10 Å². The topological polar surface area (TPSA) is 29.9 Å². The summed E-state index contributed by atoms with van der Waals surface area (Å²) < 4.78 is 2.96. The second kappa shape index (κ2) is 4.85. The molecule has 0 aliphatic carbocycles. The Hall–Kier alpha value is -0.0600. The van der Waals surface area contributed by atoms with Gasteiger partial charge in [-0.15, -0.1) is 11.6 Å². The van der Waals surface area contributed by atoms with Gasteiger partial charge in [-0.3, -0.25) is 4.68 Å². The highest BCUT2D eigenvalue weighted by atomic mass is 79.9. The molecule has 0 radical (unpaired) electrons. The molecule has 3 nitrogen and oxygen atoms in total. The molecule has 0 saturated heterocycles. The van der Waals surface area contributed by atoms with Gasteiger partial charge in [0.15, 0.2) is 0 Å². The lowest BCUT2D eigenvalue weighted by atomic mass is 10.1. The van der Waals surface area contributed by atoms with Crippen LogP contribution in [-0.4, -0.2) is 21.2 Å². The van der Waals surface area contributed by atoms with Gasteiger partial charge in [0.25, 0.3) is 0 Å². The van der Waals surface area contributed by atoms with E-state index in [2.05, 4.69) is 40.2 Å². The third-order valence-electron chi connectivity index (χ3n) is 2.33. The molecule has 0 aromatic carbocycles. The van der Waals surface area contributed by atoms with Crippen LogP contribution in [0.3, 0.4) is 0 Å². The van der Waals surface area contributed by atoms with Crippen LogP contribution in [0.1, 0.15) is 25.2 Å². The highest BCUT2D eigenvalue weighted by molar-refractivity contribution is 9.10. The van der Waals surface area contributed by atoms with Gasteiger partial charge in [0, 0.05) is 25.0 Å². The molecule has 86 valence electrons. The summed E-state index contributed by atoms with van der Waals surface area (Å²) in [5.74, 6) is 0.585. The molecule has 1 aromatic rings. The van der Waals surface area contributed by atoms with Crippen LogP contribution < -0.4 is 5.32 Å². The number of aryl methyl sites for hydroxylation is 2. The molecule has 0 bridgehead atoms. The molecular weight excluding hydrogens is 277 g/mol. The highest BCUT2D eigenvalue weighted by Gasteiger charge is 2.17. The minimum Gasteiger partial charge on any atom is -0.305 e. The van der Waals surface area contributed by atoms with Crippen molar-refractivity contribution in [2.24, 2.45) is 7.05 Å². The first kappa shape index (κ1) is 13.0. The molecule has 0 fully saturated rings. The quantitative estimate of drug-likeness (QED) is 0.865. The van der Waals surface area contributed by atoms with Crippen molar-refractivity contribution < 1.29 is 0 Å². The van der Waals surface area contributed by atoms with Gasteiger partial charge in [-0.1, -0.05) is 0 Å². The minimum absolute atomic E-state index is 0.0564. The Balaban J connectivity index is 2.73. The molecule has 0 atom stereocenters. The summed E-state index contributed by atoms with van der Waals surface area (Å²) in [7, 11) is 1.95. The van der Waals surface area contributed by atoms with E-state index in [4.69, 9.17) is 11.6 Å². The van der Waals surface area contributed by atoms with Gasteiger partial charge in [0.05, 0.1) is 15.9 Å². The van der Waals surface area contributed by atoms with E-state index >= 15 is 0 Å². The fraction of sp³-hybridized carbons (Fsp3) is 0.700. The molecule has 1 aromatic heterocycles. The van der Waals surface area contributed by atoms with E-state index in [0.717, 1.165) is 22.4 Å². The minimum atomic E-state index is -0.0564. The Labute approximate surface area is 104 Å². The van der Waals surface area contributed by atoms with Gasteiger partial charge < -0.3 is 5.32 Å². The summed E-state index contributed by atoms with van der Waals surface area (Å²) in [6.45, 7) is 6.91. The van der Waals surface area contributed by atoms with Gasteiger partial charge in [0.1, 0.15) is 0 Å². The molecule has 0 saturated carbocycles. The van der Waals surface area contributed by atoms with Gasteiger partial charge in [-0.05, 0) is 36.7 Å². The van der Waals surface area contributed by atoms with Crippen LogP contribution in [-0.2, 0) is 13.6 Å². The molecule has 0 aliphatic heterocycles. The van der Waals surface area contributed by atoms with E-state index in [-0.39, 0.29) is 5.54 Å². The molecule has 15 heavy (non-hydrogen) atoms. The normalized spacial score (nSPS) is 12.1. The average molecular weight is 295 g/mol. The van der Waals surface area contributed by atoms with E-state index in [1.165, 1.54) is 0 Å². The fourth-order valence-electron chi connectivity index (χ4n) is 1.24. The Morgan fingerprint density at radius 3 is 2.53 bits per heavy atom. The predicted octanol–water partition coefficient (Wildman–Crippen LogP) is 2.60. The lowest BCUT2D eigenvalue weighted by Gasteiger charge is -2.23. The number of hydrogen-bond donors (Lipinski definition) is 1. The zero-order valence-corrected chi connectivity index (χ0v) is 11.9. The van der Waals surface area contributed by atoms with Crippen molar-refractivity contribution in [3.63, 3.8) is 0 Å². The SMILES string of the molecule is Cc1nn(C)c(CNC(C)(C)CCl)c1Br. The standard InChI is InChI=1S/C10H17BrClN3/c1-7-9(11)8(15(4)14-7)5-13-10(2,3)6-12/h13H,5-6H2,1-4H3. The largest absolute Gasteiger partial charge is 0.305 e. The van der Waals surface area contributed by atoms with Gasteiger partial charge in [-0.25, -0.2) is 0 Å². The summed E-state index contributed by atoms with van der Waals surface area (Å²) >= 11 is 9.38. The maximum atomic E-state index is 5.85. The third kappa shape index (κ3) is 3.20. The first-order valence-corrected chi connectivity index (χ1v) is 6.19. The van der Waals surface area contributed by atoms with Crippen molar-refractivity contribution in [3.8, 4) is 0 Å². The maximum absolute atomic E-state index is 5.85. The van der Waals surface area contributed by atoms with Crippen molar-refractivity contribution in [2.75, 3.05) is 5.88 Å². The number of nitrogens with one attached hydrogen (secondary N) is 1. The molecule has 1 rings (SSSR count). The van der Waals surface area contributed by atoms with Crippen molar-refractivity contribution in [1.82, 2.24) is 15.1 Å². The summed E-state index contributed by atoms with van der Waals surface area (Å²) in [4.78, 5) is 0. The molecule has 5 heteroatoms. The lowest BCUT2D eigenvalue weighted by molar-refractivity contribution is 0.420. The highest BCUT2D eigenvalue weighted by Crippen LogP contribution is 2.20. The van der Waals surface area contributed by atoms with Crippen LogP contribution in [0.25, 0.3) is 0 Å². The number of halogens is 2. The number of rotatable bonds is 4. The van der Waals surface area contributed by atoms with Crippen LogP contribution in [0.5, 0.6) is 0 Å². The van der Waals surface area contributed by atoms with Crippen LogP contribution in [0.15, 0.2) is 4.47 Å². The zero-order valence-electron chi connectivity index (χ0n) is 9.56. The number of hydrogen-bond acceptors (Lipinski definition) is 2. The third-order valence-corrected chi connectivity index (χ3v) is 4.03. The molecular formula is C10H17BrClN3. The summed E-state index contributed by atoms with van der Waals surface area (Å²) in [5.41, 5.74) is 2.10. The van der Waals surface area contributed by atoms with Crippen LogP contribution in [0.2, 0.25) is 0 Å². The second-order valence-corrected chi connectivity index (χ2v) is 5.40. The van der Waals surface area contributed by atoms with Crippen molar-refractivity contribution in [2.45, 2.75) is 32.9 Å². The molecule has 0 unspecified atom stereocenters. The Morgan fingerprint density at radius 2 is 2.13 bits per heavy atom. The van der Waals surface area contributed by atoms with Crippen molar-refractivity contribution >= 4 is 27.5 Å². The molecule has 0 spiro atoms. The number of nitrogens with zero attached hydrogens (tertiary/aromatic N) is 2. The number of alkyl halides is 1. The van der Waals surface area contributed by atoms with E-state index in [0.29, 0.717) is 5.88 Å². The Morgan fingerprint density at radius 1 is 1.53 bits per heavy atom. The van der Waals surface area contributed by atoms with Crippen LogP contribution in [0.4, 0.5) is 0 Å². The van der Waals surface area contributed by atoms with Gasteiger partial charge >= 0.3 is 0 Å². The lowest BCUT2D eigenvalue weighted by Crippen LogP contribution is -2.40. The van der Waals surface area contributed by atoms with E-state index in [1.54, 1.807) is 0 Å². The number of aromatic nitrogens is 2. The zero-order chi connectivity index (χ0) is 11.6. The monoisotopic (exact) mass is 293 g/mol. The molecule has 0 aliphatic rings. The smallest absolute Gasteiger partial charge is 0.0739 e.